The Morgan fingerprint density at radius 3 is 2.34 bits per heavy atom. The first-order valence-corrected chi connectivity index (χ1v) is 11.3. The summed E-state index contributed by atoms with van der Waals surface area (Å²) in [4.78, 5) is 12.7. The van der Waals surface area contributed by atoms with Crippen molar-refractivity contribution >= 4 is 21.8 Å². The molecule has 1 amide bonds. The van der Waals surface area contributed by atoms with Gasteiger partial charge in [0.05, 0.1) is 11.7 Å². The summed E-state index contributed by atoms with van der Waals surface area (Å²) >= 11 is 0. The lowest BCUT2D eigenvalue weighted by Gasteiger charge is -2.27. The van der Waals surface area contributed by atoms with Crippen molar-refractivity contribution in [2.75, 3.05) is 24.9 Å². The van der Waals surface area contributed by atoms with E-state index >= 15 is 0 Å². The number of hydrogen-bond donors (Lipinski definition) is 1. The molecule has 0 aromatic heterocycles. The van der Waals surface area contributed by atoms with E-state index in [1.807, 2.05) is 13.0 Å². The van der Waals surface area contributed by atoms with Crippen LogP contribution in [-0.2, 0) is 27.8 Å². The molecule has 0 fully saturated rings. The van der Waals surface area contributed by atoms with E-state index < -0.39 is 10.2 Å². The number of fused-ring (bicyclic) bond motifs is 1. The normalized spacial score (nSPS) is 14.9. The van der Waals surface area contributed by atoms with Gasteiger partial charge in [0, 0.05) is 14.1 Å². The molecular weight excluding hydrogens is 386 g/mol. The van der Waals surface area contributed by atoms with E-state index in [9.17, 15) is 13.2 Å². The predicted octanol–water partition coefficient (Wildman–Crippen LogP) is 3.06. The maximum atomic E-state index is 12.8. The minimum absolute atomic E-state index is 0.200. The summed E-state index contributed by atoms with van der Waals surface area (Å²) in [6.45, 7) is 1.65. The topological polar surface area (TPSA) is 69.7 Å². The van der Waals surface area contributed by atoms with Crippen molar-refractivity contribution in [2.45, 2.75) is 38.6 Å². The molecule has 1 N–H and O–H groups in total. The van der Waals surface area contributed by atoms with Gasteiger partial charge in [0.15, 0.2) is 0 Å². The van der Waals surface area contributed by atoms with E-state index in [-0.39, 0.29) is 18.5 Å². The van der Waals surface area contributed by atoms with Crippen molar-refractivity contribution in [1.29, 1.82) is 0 Å². The molecule has 0 saturated carbocycles. The first kappa shape index (κ1) is 21.3. The number of carbonyl (C=O) groups is 1. The van der Waals surface area contributed by atoms with Crippen molar-refractivity contribution in [3.05, 3.63) is 65.2 Å². The second kappa shape index (κ2) is 8.97. The van der Waals surface area contributed by atoms with E-state index in [4.69, 9.17) is 0 Å². The third-order valence-electron chi connectivity index (χ3n) is 5.32. The van der Waals surface area contributed by atoms with Crippen molar-refractivity contribution in [3.8, 4) is 0 Å². The van der Waals surface area contributed by atoms with Gasteiger partial charge in [-0.2, -0.15) is 12.7 Å². The van der Waals surface area contributed by atoms with Gasteiger partial charge in [-0.05, 0) is 61.4 Å². The molecule has 2 aromatic rings. The summed E-state index contributed by atoms with van der Waals surface area (Å²) in [5.74, 6) is -0.343. The zero-order chi connectivity index (χ0) is 21.0. The number of hydrogen-bond acceptors (Lipinski definition) is 3. The number of anilines is 1. The van der Waals surface area contributed by atoms with Gasteiger partial charge < -0.3 is 5.32 Å². The number of nitrogens with zero attached hydrogens (tertiary/aromatic N) is 2. The SMILES string of the molecule is C[C@H](NC(=O)CN(c1ccccc1)S(=O)(=O)N(C)C)c1ccc2c(c1)CCCC2. The van der Waals surface area contributed by atoms with E-state index in [0.29, 0.717) is 5.69 Å². The molecule has 156 valence electrons. The average Bonchev–Trinajstić information content (AvgIpc) is 2.72. The third kappa shape index (κ3) is 4.97. The number of para-hydroxylation sites is 1. The third-order valence-corrected chi connectivity index (χ3v) is 7.14. The molecule has 0 unspecified atom stereocenters. The summed E-state index contributed by atoms with van der Waals surface area (Å²) in [5.41, 5.74) is 4.25. The van der Waals surface area contributed by atoms with Gasteiger partial charge in [-0.3, -0.25) is 4.79 Å². The Hall–Kier alpha value is -2.38. The maximum Gasteiger partial charge on any atom is 0.304 e. The van der Waals surface area contributed by atoms with Crippen LogP contribution >= 0.6 is 0 Å². The highest BCUT2D eigenvalue weighted by atomic mass is 32.2. The van der Waals surface area contributed by atoms with Crippen LogP contribution < -0.4 is 9.62 Å². The molecule has 1 aliphatic carbocycles. The highest BCUT2D eigenvalue weighted by Crippen LogP contribution is 2.25. The molecule has 0 saturated heterocycles. The van der Waals surface area contributed by atoms with Gasteiger partial charge in [0.25, 0.3) is 0 Å². The zero-order valence-corrected chi connectivity index (χ0v) is 18.1. The van der Waals surface area contributed by atoms with Crippen molar-refractivity contribution in [3.63, 3.8) is 0 Å². The molecule has 7 heteroatoms. The van der Waals surface area contributed by atoms with E-state index in [1.165, 1.54) is 38.1 Å². The Kier molecular flexibility index (Phi) is 6.59. The Morgan fingerprint density at radius 1 is 1.03 bits per heavy atom. The maximum absolute atomic E-state index is 12.8. The molecule has 1 aliphatic rings. The fourth-order valence-electron chi connectivity index (χ4n) is 3.62. The minimum atomic E-state index is -3.79. The molecule has 0 spiro atoms. The van der Waals surface area contributed by atoms with E-state index in [2.05, 4.69) is 23.5 Å². The average molecular weight is 416 g/mol. The summed E-state index contributed by atoms with van der Waals surface area (Å²) in [7, 11) is -0.879. The van der Waals surface area contributed by atoms with Crippen LogP contribution in [0, 0.1) is 0 Å². The number of carbonyl (C=O) groups excluding carboxylic acids is 1. The van der Waals surface area contributed by atoms with E-state index in [0.717, 1.165) is 27.0 Å². The largest absolute Gasteiger partial charge is 0.348 e. The lowest BCUT2D eigenvalue weighted by atomic mass is 9.89. The molecular formula is C22H29N3O3S. The molecule has 1 atom stereocenters. The Morgan fingerprint density at radius 2 is 1.69 bits per heavy atom. The Bertz CT molecular complexity index is 959. The summed E-state index contributed by atoms with van der Waals surface area (Å²) in [5, 5.41) is 2.95. The molecule has 0 aliphatic heterocycles. The van der Waals surface area contributed by atoms with Crippen molar-refractivity contribution in [1.82, 2.24) is 9.62 Å². The zero-order valence-electron chi connectivity index (χ0n) is 17.3. The number of aryl methyl sites for hydroxylation is 2. The predicted molar refractivity (Wildman–Crippen MR) is 116 cm³/mol. The molecule has 3 rings (SSSR count). The first-order valence-electron chi connectivity index (χ1n) is 9.95. The van der Waals surface area contributed by atoms with Crippen LogP contribution in [0.5, 0.6) is 0 Å². The van der Waals surface area contributed by atoms with Gasteiger partial charge >= 0.3 is 10.2 Å². The smallest absolute Gasteiger partial charge is 0.304 e. The van der Waals surface area contributed by atoms with Crippen LogP contribution in [-0.4, -0.2) is 39.3 Å². The minimum Gasteiger partial charge on any atom is -0.348 e. The lowest BCUT2D eigenvalue weighted by molar-refractivity contribution is -0.120. The van der Waals surface area contributed by atoms with Crippen LogP contribution in [0.15, 0.2) is 48.5 Å². The summed E-state index contributed by atoms with van der Waals surface area (Å²) < 4.78 is 27.7. The van der Waals surface area contributed by atoms with Crippen molar-refractivity contribution in [2.24, 2.45) is 0 Å². The number of rotatable bonds is 7. The van der Waals surface area contributed by atoms with Crippen LogP contribution in [0.3, 0.4) is 0 Å². The van der Waals surface area contributed by atoms with Crippen LogP contribution in [0.25, 0.3) is 0 Å². The molecule has 2 aromatic carbocycles. The van der Waals surface area contributed by atoms with Gasteiger partial charge in [-0.25, -0.2) is 4.31 Å². The fraction of sp³-hybridized carbons (Fsp3) is 0.409. The summed E-state index contributed by atoms with van der Waals surface area (Å²) in [6, 6.07) is 14.9. The van der Waals surface area contributed by atoms with Crippen LogP contribution in [0.4, 0.5) is 5.69 Å². The second-order valence-electron chi connectivity index (χ2n) is 7.66. The molecule has 29 heavy (non-hydrogen) atoms. The summed E-state index contributed by atoms with van der Waals surface area (Å²) in [6.07, 6.45) is 4.62. The van der Waals surface area contributed by atoms with Crippen LogP contribution in [0.2, 0.25) is 0 Å². The van der Waals surface area contributed by atoms with Crippen LogP contribution in [0.1, 0.15) is 42.5 Å². The molecule has 0 heterocycles. The Balaban J connectivity index is 1.75. The number of amides is 1. The number of nitrogens with one attached hydrogen (secondary N) is 1. The molecule has 6 nitrogen and oxygen atoms in total. The van der Waals surface area contributed by atoms with Crippen molar-refractivity contribution < 1.29 is 13.2 Å². The van der Waals surface area contributed by atoms with E-state index in [1.54, 1.807) is 24.3 Å². The standard InChI is InChI=1S/C22H29N3O3S/c1-17(19-14-13-18-9-7-8-10-20(18)15-19)23-22(26)16-25(29(27,28)24(2)3)21-11-5-4-6-12-21/h4-6,11-15,17H,7-10,16H2,1-3H3,(H,23,26)/t17-/m0/s1. The quantitative estimate of drug-likeness (QED) is 0.756. The second-order valence-corrected chi connectivity index (χ2v) is 9.72. The molecule has 0 radical (unpaired) electrons. The fourth-order valence-corrected chi connectivity index (χ4v) is 4.68. The first-order chi connectivity index (χ1) is 13.8. The highest BCUT2D eigenvalue weighted by Gasteiger charge is 2.27. The van der Waals surface area contributed by atoms with Gasteiger partial charge in [0.1, 0.15) is 6.54 Å². The highest BCUT2D eigenvalue weighted by molar-refractivity contribution is 7.90. The monoisotopic (exact) mass is 415 g/mol. The number of benzene rings is 2. The van der Waals surface area contributed by atoms with Gasteiger partial charge in [-0.15, -0.1) is 0 Å². The Labute approximate surface area is 173 Å². The lowest BCUT2D eigenvalue weighted by Crippen LogP contribution is -2.46. The van der Waals surface area contributed by atoms with Gasteiger partial charge in [-0.1, -0.05) is 36.4 Å². The molecule has 0 bridgehead atoms. The van der Waals surface area contributed by atoms with Gasteiger partial charge in [0.2, 0.25) is 5.91 Å².